The maximum atomic E-state index is 14.6. The molecule has 0 saturated heterocycles. The SMILES string of the molecule is COC(c1c(F)ccc(N)c1F)c1c[nH]c2ncc(-c3ccccc3)cc12. The predicted octanol–water partition coefficient (Wildman–Crippen LogP) is 4.83. The Morgan fingerprint density at radius 2 is 1.85 bits per heavy atom. The second-order valence-electron chi connectivity index (χ2n) is 6.21. The third-order valence-corrected chi connectivity index (χ3v) is 4.61. The fourth-order valence-electron chi connectivity index (χ4n) is 3.26. The van der Waals surface area contributed by atoms with Gasteiger partial charge in [-0.15, -0.1) is 0 Å². The molecule has 4 nitrogen and oxygen atoms in total. The van der Waals surface area contributed by atoms with Crippen molar-refractivity contribution >= 4 is 16.7 Å². The summed E-state index contributed by atoms with van der Waals surface area (Å²) < 4.78 is 34.4. The standard InChI is InChI=1S/C21H17F2N3O/c1-27-20(18-16(22)7-8-17(24)19(18)23)15-11-26-21-14(15)9-13(10-25-21)12-5-3-2-4-6-12/h2-11,20H,24H2,1H3,(H,25,26). The van der Waals surface area contributed by atoms with Gasteiger partial charge in [0.25, 0.3) is 0 Å². The molecule has 0 aliphatic rings. The summed E-state index contributed by atoms with van der Waals surface area (Å²) in [6.45, 7) is 0. The Morgan fingerprint density at radius 3 is 2.59 bits per heavy atom. The molecule has 4 rings (SSSR count). The number of H-pyrrole nitrogens is 1. The van der Waals surface area contributed by atoms with E-state index in [9.17, 15) is 8.78 Å². The van der Waals surface area contributed by atoms with Crippen LogP contribution in [0.25, 0.3) is 22.2 Å². The van der Waals surface area contributed by atoms with Crippen molar-refractivity contribution in [3.8, 4) is 11.1 Å². The summed E-state index contributed by atoms with van der Waals surface area (Å²) in [4.78, 5) is 7.47. The molecule has 3 N–H and O–H groups in total. The number of nitrogens with two attached hydrogens (primary N) is 1. The van der Waals surface area contributed by atoms with E-state index in [1.807, 2.05) is 36.4 Å². The zero-order valence-corrected chi connectivity index (χ0v) is 14.5. The normalized spacial score (nSPS) is 12.4. The van der Waals surface area contributed by atoms with Gasteiger partial charge in [-0.25, -0.2) is 13.8 Å². The average Bonchev–Trinajstić information content (AvgIpc) is 3.12. The lowest BCUT2D eigenvalue weighted by molar-refractivity contribution is 0.130. The fourth-order valence-corrected chi connectivity index (χ4v) is 3.26. The van der Waals surface area contributed by atoms with Crippen molar-refractivity contribution in [3.05, 3.63) is 83.7 Å². The Balaban J connectivity index is 1.89. The van der Waals surface area contributed by atoms with Gasteiger partial charge in [0.05, 0.1) is 11.3 Å². The minimum atomic E-state index is -0.963. The lowest BCUT2D eigenvalue weighted by atomic mass is 9.98. The first-order chi connectivity index (χ1) is 13.1. The zero-order valence-electron chi connectivity index (χ0n) is 14.5. The number of aromatic nitrogens is 2. The summed E-state index contributed by atoms with van der Waals surface area (Å²) in [6, 6.07) is 14.0. The van der Waals surface area contributed by atoms with Crippen molar-refractivity contribution in [3.63, 3.8) is 0 Å². The highest BCUT2D eigenvalue weighted by Crippen LogP contribution is 2.36. The number of nitrogen functional groups attached to an aromatic ring is 1. The topological polar surface area (TPSA) is 63.9 Å². The van der Waals surface area contributed by atoms with Gasteiger partial charge in [-0.3, -0.25) is 0 Å². The predicted molar refractivity (Wildman–Crippen MR) is 101 cm³/mol. The van der Waals surface area contributed by atoms with E-state index >= 15 is 0 Å². The van der Waals surface area contributed by atoms with Crippen LogP contribution in [0.15, 0.2) is 60.9 Å². The molecule has 0 spiro atoms. The Bertz CT molecular complexity index is 1110. The van der Waals surface area contributed by atoms with Crippen LogP contribution >= 0.6 is 0 Å². The molecule has 136 valence electrons. The number of rotatable bonds is 4. The highest BCUT2D eigenvalue weighted by atomic mass is 19.1. The van der Waals surface area contributed by atoms with E-state index in [1.165, 1.54) is 13.2 Å². The molecule has 2 aromatic heterocycles. The van der Waals surface area contributed by atoms with Crippen molar-refractivity contribution in [1.82, 2.24) is 9.97 Å². The second kappa shape index (κ2) is 6.81. The fraction of sp³-hybridized carbons (Fsp3) is 0.0952. The van der Waals surface area contributed by atoms with Crippen molar-refractivity contribution in [2.24, 2.45) is 0 Å². The van der Waals surface area contributed by atoms with E-state index in [1.54, 1.807) is 12.4 Å². The van der Waals surface area contributed by atoms with Gasteiger partial charge in [0.1, 0.15) is 17.6 Å². The number of benzene rings is 2. The first-order valence-electron chi connectivity index (χ1n) is 8.38. The molecule has 0 saturated carbocycles. The lowest BCUT2D eigenvalue weighted by Crippen LogP contribution is -2.10. The number of hydrogen-bond acceptors (Lipinski definition) is 3. The molecule has 0 bridgehead atoms. The summed E-state index contributed by atoms with van der Waals surface area (Å²) in [5.74, 6) is -1.53. The molecule has 0 aliphatic carbocycles. The van der Waals surface area contributed by atoms with Gasteiger partial charge >= 0.3 is 0 Å². The Kier molecular flexibility index (Phi) is 4.33. The number of methoxy groups -OCH3 is 1. The molecule has 1 atom stereocenters. The minimum Gasteiger partial charge on any atom is -0.396 e. The van der Waals surface area contributed by atoms with Gasteiger partial charge in [-0.2, -0.15) is 0 Å². The number of nitrogens with zero attached hydrogens (tertiary/aromatic N) is 1. The third-order valence-electron chi connectivity index (χ3n) is 4.61. The number of pyridine rings is 1. The molecule has 6 heteroatoms. The Labute approximate surface area is 154 Å². The van der Waals surface area contributed by atoms with Gasteiger partial charge < -0.3 is 15.5 Å². The van der Waals surface area contributed by atoms with Crippen molar-refractivity contribution in [1.29, 1.82) is 0 Å². The molecule has 2 heterocycles. The van der Waals surface area contributed by atoms with E-state index in [0.717, 1.165) is 22.6 Å². The molecule has 27 heavy (non-hydrogen) atoms. The molecular weight excluding hydrogens is 348 g/mol. The van der Waals surface area contributed by atoms with E-state index in [0.29, 0.717) is 11.2 Å². The maximum absolute atomic E-state index is 14.6. The van der Waals surface area contributed by atoms with Crippen LogP contribution in [-0.2, 0) is 4.74 Å². The summed E-state index contributed by atoms with van der Waals surface area (Å²) in [5, 5.41) is 0.726. The highest BCUT2D eigenvalue weighted by Gasteiger charge is 2.26. The molecule has 2 aromatic carbocycles. The molecular formula is C21H17F2N3O. The smallest absolute Gasteiger partial charge is 0.155 e. The first kappa shape index (κ1) is 17.2. The number of fused-ring (bicyclic) bond motifs is 1. The van der Waals surface area contributed by atoms with E-state index in [4.69, 9.17) is 10.5 Å². The third kappa shape index (κ3) is 2.94. The van der Waals surface area contributed by atoms with Crippen LogP contribution in [0.2, 0.25) is 0 Å². The molecule has 4 aromatic rings. The molecule has 1 unspecified atom stereocenters. The van der Waals surface area contributed by atoms with Crippen molar-refractivity contribution < 1.29 is 13.5 Å². The number of anilines is 1. The first-order valence-corrected chi connectivity index (χ1v) is 8.38. The maximum Gasteiger partial charge on any atom is 0.155 e. The second-order valence-corrected chi connectivity index (χ2v) is 6.21. The molecule has 0 aliphatic heterocycles. The number of ether oxygens (including phenoxy) is 1. The Morgan fingerprint density at radius 1 is 1.07 bits per heavy atom. The largest absolute Gasteiger partial charge is 0.396 e. The number of halogens is 2. The van der Waals surface area contributed by atoms with Crippen LogP contribution in [0.3, 0.4) is 0 Å². The summed E-state index contributed by atoms with van der Waals surface area (Å²) in [7, 11) is 1.40. The van der Waals surface area contributed by atoms with Crippen molar-refractivity contribution in [2.75, 3.05) is 12.8 Å². The van der Waals surface area contributed by atoms with Crippen LogP contribution in [0.1, 0.15) is 17.2 Å². The van der Waals surface area contributed by atoms with E-state index < -0.39 is 17.7 Å². The summed E-state index contributed by atoms with van der Waals surface area (Å²) >= 11 is 0. The quantitative estimate of drug-likeness (QED) is 0.509. The van der Waals surface area contributed by atoms with Crippen LogP contribution in [-0.4, -0.2) is 17.1 Å². The minimum absolute atomic E-state index is 0.128. The van der Waals surface area contributed by atoms with E-state index in [2.05, 4.69) is 9.97 Å². The van der Waals surface area contributed by atoms with Gasteiger partial charge in [-0.1, -0.05) is 30.3 Å². The van der Waals surface area contributed by atoms with Crippen LogP contribution in [0.4, 0.5) is 14.5 Å². The molecule has 0 radical (unpaired) electrons. The van der Waals surface area contributed by atoms with E-state index in [-0.39, 0.29) is 11.3 Å². The summed E-state index contributed by atoms with van der Waals surface area (Å²) in [5.41, 5.74) is 8.37. The zero-order chi connectivity index (χ0) is 19.0. The van der Waals surface area contributed by atoms with Crippen LogP contribution in [0.5, 0.6) is 0 Å². The van der Waals surface area contributed by atoms with Gasteiger partial charge in [0.15, 0.2) is 5.82 Å². The van der Waals surface area contributed by atoms with Crippen LogP contribution in [0, 0.1) is 11.6 Å². The molecule has 0 amide bonds. The Hall–Kier alpha value is -3.25. The molecule has 0 fully saturated rings. The number of hydrogen-bond donors (Lipinski definition) is 2. The van der Waals surface area contributed by atoms with Gasteiger partial charge in [0.2, 0.25) is 0 Å². The van der Waals surface area contributed by atoms with Crippen molar-refractivity contribution in [2.45, 2.75) is 6.10 Å². The van der Waals surface area contributed by atoms with Gasteiger partial charge in [0, 0.05) is 36.0 Å². The van der Waals surface area contributed by atoms with Gasteiger partial charge in [-0.05, 0) is 23.8 Å². The monoisotopic (exact) mass is 365 g/mol. The number of aromatic amines is 1. The average molecular weight is 365 g/mol. The van der Waals surface area contributed by atoms with Crippen LogP contribution < -0.4 is 5.73 Å². The lowest BCUT2D eigenvalue weighted by Gasteiger charge is -2.18. The highest BCUT2D eigenvalue weighted by molar-refractivity contribution is 5.85. The summed E-state index contributed by atoms with van der Waals surface area (Å²) in [6.07, 6.45) is 2.44. The number of nitrogens with one attached hydrogen (secondary N) is 1.